The minimum Gasteiger partial charge on any atom is -0.349 e. The number of likely N-dealkylation sites (tertiary alicyclic amines) is 1. The summed E-state index contributed by atoms with van der Waals surface area (Å²) in [5.41, 5.74) is 0.630. The summed E-state index contributed by atoms with van der Waals surface area (Å²) in [4.78, 5) is 25.8. The van der Waals surface area contributed by atoms with Crippen LogP contribution in [0, 0.1) is 0 Å². The molecule has 1 aliphatic rings. The third-order valence-corrected chi connectivity index (χ3v) is 4.48. The van der Waals surface area contributed by atoms with Crippen molar-refractivity contribution in [1.29, 1.82) is 0 Å². The number of benzene rings is 1. The summed E-state index contributed by atoms with van der Waals surface area (Å²) >= 11 is 9.19. The number of amides is 2. The van der Waals surface area contributed by atoms with Crippen LogP contribution >= 0.6 is 27.5 Å². The summed E-state index contributed by atoms with van der Waals surface area (Å²) < 4.78 is 0.783. The van der Waals surface area contributed by atoms with Gasteiger partial charge in [0.2, 0.25) is 5.91 Å². The third-order valence-electron chi connectivity index (χ3n) is 3.60. The molecule has 0 radical (unpaired) electrons. The Hall–Kier alpha value is -1.07. The van der Waals surface area contributed by atoms with Crippen molar-refractivity contribution in [2.24, 2.45) is 0 Å². The Balaban J connectivity index is 1.88. The Morgan fingerprint density at radius 1 is 1.33 bits per heavy atom. The second-order valence-electron chi connectivity index (χ2n) is 5.17. The normalized spacial score (nSPS) is 17.4. The second kappa shape index (κ2) is 7.27. The minimum atomic E-state index is -0.489. The smallest absolute Gasteiger partial charge is 0.252 e. The molecule has 21 heavy (non-hydrogen) atoms. The fourth-order valence-electron chi connectivity index (χ4n) is 2.40. The fourth-order valence-corrected chi connectivity index (χ4v) is 3.01. The van der Waals surface area contributed by atoms with Crippen LogP contribution in [-0.2, 0) is 4.79 Å². The lowest BCUT2D eigenvalue weighted by molar-refractivity contribution is -0.131. The van der Waals surface area contributed by atoms with Gasteiger partial charge in [0, 0.05) is 23.6 Å². The summed E-state index contributed by atoms with van der Waals surface area (Å²) in [7, 11) is 0. The van der Waals surface area contributed by atoms with Crippen LogP contribution in [0.4, 0.5) is 0 Å². The number of carbonyl (C=O) groups excluding carboxylic acids is 2. The number of rotatable bonds is 3. The first-order valence-corrected chi connectivity index (χ1v) is 8.20. The van der Waals surface area contributed by atoms with Crippen molar-refractivity contribution < 1.29 is 9.59 Å². The van der Waals surface area contributed by atoms with Crippen LogP contribution in [-0.4, -0.2) is 41.2 Å². The molecule has 1 aliphatic heterocycles. The Kier molecular flexibility index (Phi) is 5.65. The highest BCUT2D eigenvalue weighted by molar-refractivity contribution is 9.10. The summed E-state index contributed by atoms with van der Waals surface area (Å²) in [6.45, 7) is 2.96. The maximum Gasteiger partial charge on any atom is 0.252 e. The highest BCUT2D eigenvalue weighted by Crippen LogP contribution is 2.18. The maximum absolute atomic E-state index is 12.2. The summed E-state index contributed by atoms with van der Waals surface area (Å²) in [6.07, 6.45) is 1.51. The first-order valence-electron chi connectivity index (χ1n) is 6.97. The molecule has 1 aromatic rings. The molecule has 1 atom stereocenters. The molecule has 0 bridgehead atoms. The van der Waals surface area contributed by atoms with Gasteiger partial charge in [-0.15, -0.1) is 11.6 Å². The molecule has 0 saturated carbocycles. The zero-order chi connectivity index (χ0) is 15.4. The molecule has 0 aromatic heterocycles. The number of piperidine rings is 1. The van der Waals surface area contributed by atoms with Gasteiger partial charge < -0.3 is 10.2 Å². The average molecular weight is 374 g/mol. The van der Waals surface area contributed by atoms with Crippen molar-refractivity contribution in [1.82, 2.24) is 10.2 Å². The van der Waals surface area contributed by atoms with Gasteiger partial charge >= 0.3 is 0 Å². The van der Waals surface area contributed by atoms with Crippen LogP contribution in [0.2, 0.25) is 0 Å². The summed E-state index contributed by atoms with van der Waals surface area (Å²) in [5, 5.41) is 2.54. The standard InChI is InChI=1S/C15H18BrClN2O2/c1-10(17)15(21)19-8-6-11(7-9-19)18-14(20)12-4-2-3-5-13(12)16/h2-5,10-11H,6-9H2,1H3,(H,18,20). The van der Waals surface area contributed by atoms with E-state index in [9.17, 15) is 9.59 Å². The number of alkyl halides is 1. The SMILES string of the molecule is CC(Cl)C(=O)N1CCC(NC(=O)c2ccccc2Br)CC1. The molecule has 1 fully saturated rings. The second-order valence-corrected chi connectivity index (χ2v) is 6.68. The van der Waals surface area contributed by atoms with Gasteiger partial charge in [0.05, 0.1) is 5.56 Å². The van der Waals surface area contributed by atoms with Crippen molar-refractivity contribution in [3.63, 3.8) is 0 Å². The Labute approximate surface area is 138 Å². The molecule has 4 nitrogen and oxygen atoms in total. The van der Waals surface area contributed by atoms with Gasteiger partial charge in [-0.2, -0.15) is 0 Å². The van der Waals surface area contributed by atoms with Crippen molar-refractivity contribution >= 4 is 39.3 Å². The van der Waals surface area contributed by atoms with Crippen molar-refractivity contribution in [3.05, 3.63) is 34.3 Å². The predicted molar refractivity (Wildman–Crippen MR) is 86.5 cm³/mol. The largest absolute Gasteiger partial charge is 0.349 e. The number of nitrogens with zero attached hydrogens (tertiary/aromatic N) is 1. The lowest BCUT2D eigenvalue weighted by Crippen LogP contribution is -2.48. The van der Waals surface area contributed by atoms with Gasteiger partial charge in [0.25, 0.3) is 5.91 Å². The van der Waals surface area contributed by atoms with Crippen LogP contribution in [0.1, 0.15) is 30.1 Å². The monoisotopic (exact) mass is 372 g/mol. The fraction of sp³-hybridized carbons (Fsp3) is 0.467. The number of halogens is 2. The average Bonchev–Trinajstić information content (AvgIpc) is 2.47. The number of nitrogens with one attached hydrogen (secondary N) is 1. The molecule has 1 N–H and O–H groups in total. The van der Waals surface area contributed by atoms with Crippen LogP contribution < -0.4 is 5.32 Å². The molecule has 6 heteroatoms. The number of carbonyl (C=O) groups is 2. The van der Waals surface area contributed by atoms with Crippen molar-refractivity contribution in [3.8, 4) is 0 Å². The van der Waals surface area contributed by atoms with E-state index >= 15 is 0 Å². The van der Waals surface area contributed by atoms with Crippen molar-refractivity contribution in [2.75, 3.05) is 13.1 Å². The van der Waals surface area contributed by atoms with E-state index < -0.39 is 5.38 Å². The molecular formula is C15H18BrClN2O2. The van der Waals surface area contributed by atoms with Crippen LogP contribution in [0.15, 0.2) is 28.7 Å². The van der Waals surface area contributed by atoms with Gasteiger partial charge in [0.15, 0.2) is 0 Å². The Bertz CT molecular complexity index is 528. The van der Waals surface area contributed by atoms with E-state index in [1.807, 2.05) is 18.2 Å². The van der Waals surface area contributed by atoms with E-state index in [0.717, 1.165) is 17.3 Å². The van der Waals surface area contributed by atoms with E-state index in [1.165, 1.54) is 0 Å². The first kappa shape index (κ1) is 16.3. The molecule has 1 heterocycles. The zero-order valence-electron chi connectivity index (χ0n) is 11.8. The van der Waals surface area contributed by atoms with Gasteiger partial charge in [-0.05, 0) is 47.8 Å². The third kappa shape index (κ3) is 4.20. The number of hydrogen-bond donors (Lipinski definition) is 1. The first-order chi connectivity index (χ1) is 9.99. The van der Waals surface area contributed by atoms with E-state index in [-0.39, 0.29) is 17.9 Å². The predicted octanol–water partition coefficient (Wildman–Crippen LogP) is 2.80. The highest BCUT2D eigenvalue weighted by atomic mass is 79.9. The van der Waals surface area contributed by atoms with E-state index in [2.05, 4.69) is 21.2 Å². The molecule has 1 aromatic carbocycles. The van der Waals surface area contributed by atoms with Gasteiger partial charge in [-0.3, -0.25) is 9.59 Å². The minimum absolute atomic E-state index is 0.0350. The number of hydrogen-bond acceptors (Lipinski definition) is 2. The molecule has 114 valence electrons. The maximum atomic E-state index is 12.2. The van der Waals surface area contributed by atoms with Gasteiger partial charge in [-0.25, -0.2) is 0 Å². The van der Waals surface area contributed by atoms with Crippen molar-refractivity contribution in [2.45, 2.75) is 31.2 Å². The topological polar surface area (TPSA) is 49.4 Å². The molecule has 2 rings (SSSR count). The quantitative estimate of drug-likeness (QED) is 0.828. The Morgan fingerprint density at radius 2 is 1.95 bits per heavy atom. The highest BCUT2D eigenvalue weighted by Gasteiger charge is 2.26. The van der Waals surface area contributed by atoms with Crippen LogP contribution in [0.25, 0.3) is 0 Å². The lowest BCUT2D eigenvalue weighted by Gasteiger charge is -2.33. The van der Waals surface area contributed by atoms with Crippen LogP contribution in [0.3, 0.4) is 0 Å². The van der Waals surface area contributed by atoms with Gasteiger partial charge in [0.1, 0.15) is 5.38 Å². The molecule has 1 saturated heterocycles. The van der Waals surface area contributed by atoms with Gasteiger partial charge in [-0.1, -0.05) is 12.1 Å². The van der Waals surface area contributed by atoms with Crippen LogP contribution in [0.5, 0.6) is 0 Å². The van der Waals surface area contributed by atoms with E-state index in [1.54, 1.807) is 17.9 Å². The Morgan fingerprint density at radius 3 is 2.52 bits per heavy atom. The molecule has 0 aliphatic carbocycles. The molecule has 0 spiro atoms. The lowest BCUT2D eigenvalue weighted by atomic mass is 10.0. The molecular weight excluding hydrogens is 356 g/mol. The van der Waals surface area contributed by atoms with E-state index in [4.69, 9.17) is 11.6 Å². The van der Waals surface area contributed by atoms with E-state index in [0.29, 0.717) is 18.7 Å². The summed E-state index contributed by atoms with van der Waals surface area (Å²) in [5.74, 6) is -0.120. The summed E-state index contributed by atoms with van der Waals surface area (Å²) in [6, 6.07) is 7.44. The zero-order valence-corrected chi connectivity index (χ0v) is 14.2. The molecule has 1 unspecified atom stereocenters. The molecule has 2 amide bonds.